The first-order valence-electron chi connectivity index (χ1n) is 7.40. The van der Waals surface area contributed by atoms with Gasteiger partial charge in [0.1, 0.15) is 12.0 Å². The summed E-state index contributed by atoms with van der Waals surface area (Å²) >= 11 is 0. The lowest BCUT2D eigenvalue weighted by Gasteiger charge is -2.07. The third kappa shape index (κ3) is 6.34. The van der Waals surface area contributed by atoms with Crippen LogP contribution in [0.4, 0.5) is 0 Å². The van der Waals surface area contributed by atoms with Crippen molar-refractivity contribution in [2.75, 3.05) is 0 Å². The number of carbonyl (C=O) groups excluding carboxylic acids is 2. The Labute approximate surface area is 126 Å². The molecule has 0 fully saturated rings. The molecule has 0 bridgehead atoms. The van der Waals surface area contributed by atoms with Crippen LogP contribution in [0, 0.1) is 11.3 Å². The molecular formula is C17H23NO3. The molecule has 4 heteroatoms. The molecule has 0 heterocycles. The van der Waals surface area contributed by atoms with Crippen molar-refractivity contribution in [3.8, 4) is 5.75 Å². The number of aldehydes is 1. The van der Waals surface area contributed by atoms with E-state index in [1.165, 1.54) is 0 Å². The minimum atomic E-state index is -0.288. The summed E-state index contributed by atoms with van der Waals surface area (Å²) in [7, 11) is 0. The predicted molar refractivity (Wildman–Crippen MR) is 82.9 cm³/mol. The fourth-order valence-corrected chi connectivity index (χ4v) is 1.94. The summed E-state index contributed by atoms with van der Waals surface area (Å²) in [4.78, 5) is 22.1. The monoisotopic (exact) mass is 289 g/mol. The van der Waals surface area contributed by atoms with Gasteiger partial charge in [0.15, 0.2) is 0 Å². The molecular weight excluding hydrogens is 266 g/mol. The maximum atomic E-state index is 11.7. The second kappa shape index (κ2) is 9.06. The van der Waals surface area contributed by atoms with E-state index in [1.54, 1.807) is 24.3 Å². The van der Waals surface area contributed by atoms with E-state index in [1.807, 2.05) is 13.8 Å². The van der Waals surface area contributed by atoms with E-state index < -0.39 is 0 Å². The smallest absolute Gasteiger partial charge is 0.311 e. The predicted octanol–water partition coefficient (Wildman–Crippen LogP) is 3.77. The van der Waals surface area contributed by atoms with Gasteiger partial charge in [0.25, 0.3) is 0 Å². The van der Waals surface area contributed by atoms with E-state index in [9.17, 15) is 9.59 Å². The maximum Gasteiger partial charge on any atom is 0.311 e. The Bertz CT molecular complexity index is 479. The van der Waals surface area contributed by atoms with Crippen molar-refractivity contribution < 1.29 is 14.3 Å². The lowest BCUT2D eigenvalue weighted by Crippen LogP contribution is -2.09. The SMILES string of the molecule is CCCC(=N)c1ccc(OC(=O)CCC[C@H](C)C=O)cc1. The second-order valence-electron chi connectivity index (χ2n) is 5.23. The second-order valence-corrected chi connectivity index (χ2v) is 5.23. The number of nitrogens with one attached hydrogen (secondary N) is 1. The van der Waals surface area contributed by atoms with Crippen LogP contribution < -0.4 is 4.74 Å². The first-order valence-corrected chi connectivity index (χ1v) is 7.40. The van der Waals surface area contributed by atoms with E-state index in [2.05, 4.69) is 0 Å². The molecule has 0 radical (unpaired) electrons. The van der Waals surface area contributed by atoms with Crippen molar-refractivity contribution in [1.82, 2.24) is 0 Å². The van der Waals surface area contributed by atoms with Gasteiger partial charge in [-0.3, -0.25) is 4.79 Å². The van der Waals surface area contributed by atoms with Crippen molar-refractivity contribution in [3.05, 3.63) is 29.8 Å². The fourth-order valence-electron chi connectivity index (χ4n) is 1.94. The molecule has 0 amide bonds. The largest absolute Gasteiger partial charge is 0.427 e. The van der Waals surface area contributed by atoms with Gasteiger partial charge in [0, 0.05) is 18.1 Å². The summed E-state index contributed by atoms with van der Waals surface area (Å²) in [6.07, 6.45) is 4.24. The molecule has 1 aromatic carbocycles. The highest BCUT2D eigenvalue weighted by atomic mass is 16.5. The van der Waals surface area contributed by atoms with Crippen LogP contribution in [0.3, 0.4) is 0 Å². The van der Waals surface area contributed by atoms with Gasteiger partial charge in [0.2, 0.25) is 0 Å². The Morgan fingerprint density at radius 1 is 1.29 bits per heavy atom. The van der Waals surface area contributed by atoms with Crippen LogP contribution in [0.5, 0.6) is 5.75 Å². The minimum Gasteiger partial charge on any atom is -0.427 e. The molecule has 1 aromatic rings. The number of ether oxygens (including phenoxy) is 1. The Kier molecular flexibility index (Phi) is 7.37. The number of benzene rings is 1. The number of esters is 1. The Balaban J connectivity index is 2.42. The average molecular weight is 289 g/mol. The number of rotatable bonds is 9. The molecule has 1 atom stereocenters. The molecule has 0 saturated carbocycles. The summed E-state index contributed by atoms with van der Waals surface area (Å²) in [5, 5.41) is 7.85. The van der Waals surface area contributed by atoms with Gasteiger partial charge >= 0.3 is 5.97 Å². The third-order valence-corrected chi connectivity index (χ3v) is 3.21. The fraction of sp³-hybridized carbons (Fsp3) is 0.471. The zero-order valence-electron chi connectivity index (χ0n) is 12.7. The molecule has 0 aromatic heterocycles. The Hall–Kier alpha value is -1.97. The van der Waals surface area contributed by atoms with Crippen molar-refractivity contribution in [2.45, 2.75) is 46.0 Å². The van der Waals surface area contributed by atoms with E-state index in [0.717, 1.165) is 24.7 Å². The molecule has 0 spiro atoms. The highest BCUT2D eigenvalue weighted by Gasteiger charge is 2.07. The highest BCUT2D eigenvalue weighted by Crippen LogP contribution is 2.15. The molecule has 0 aliphatic heterocycles. The van der Waals surface area contributed by atoms with E-state index in [0.29, 0.717) is 30.7 Å². The summed E-state index contributed by atoms with van der Waals surface area (Å²) in [5.74, 6) is 0.197. The number of carbonyl (C=O) groups is 2. The van der Waals surface area contributed by atoms with Crippen molar-refractivity contribution in [1.29, 1.82) is 5.41 Å². The van der Waals surface area contributed by atoms with Gasteiger partial charge in [-0.05, 0) is 49.1 Å². The first-order chi connectivity index (χ1) is 10.1. The number of hydrogen-bond acceptors (Lipinski definition) is 4. The van der Waals surface area contributed by atoms with Crippen LogP contribution in [-0.4, -0.2) is 18.0 Å². The lowest BCUT2D eigenvalue weighted by molar-refractivity contribution is -0.134. The third-order valence-electron chi connectivity index (χ3n) is 3.21. The van der Waals surface area contributed by atoms with E-state index >= 15 is 0 Å². The van der Waals surface area contributed by atoms with Crippen LogP contribution in [0.2, 0.25) is 0 Å². The summed E-state index contributed by atoms with van der Waals surface area (Å²) in [6, 6.07) is 7.03. The summed E-state index contributed by atoms with van der Waals surface area (Å²) in [6.45, 7) is 3.87. The van der Waals surface area contributed by atoms with Gasteiger partial charge in [0.05, 0.1) is 0 Å². The van der Waals surface area contributed by atoms with Crippen molar-refractivity contribution >= 4 is 18.0 Å². The lowest BCUT2D eigenvalue weighted by atomic mass is 10.1. The van der Waals surface area contributed by atoms with Crippen molar-refractivity contribution in [3.63, 3.8) is 0 Å². The van der Waals surface area contributed by atoms with E-state index in [4.69, 9.17) is 10.1 Å². The molecule has 21 heavy (non-hydrogen) atoms. The molecule has 114 valence electrons. The normalized spacial score (nSPS) is 11.7. The van der Waals surface area contributed by atoms with Crippen molar-refractivity contribution in [2.24, 2.45) is 5.92 Å². The topological polar surface area (TPSA) is 67.2 Å². The van der Waals surface area contributed by atoms with Crippen LogP contribution in [0.15, 0.2) is 24.3 Å². The molecule has 0 saturated heterocycles. The molecule has 1 N–H and O–H groups in total. The Morgan fingerprint density at radius 2 is 1.95 bits per heavy atom. The Morgan fingerprint density at radius 3 is 2.52 bits per heavy atom. The van der Waals surface area contributed by atoms with Crippen LogP contribution in [-0.2, 0) is 9.59 Å². The molecule has 0 aliphatic carbocycles. The molecule has 0 unspecified atom stereocenters. The van der Waals surface area contributed by atoms with Crippen LogP contribution in [0.25, 0.3) is 0 Å². The summed E-state index contributed by atoms with van der Waals surface area (Å²) in [5.41, 5.74) is 1.45. The first kappa shape index (κ1) is 17.1. The highest BCUT2D eigenvalue weighted by molar-refractivity contribution is 5.98. The van der Waals surface area contributed by atoms with E-state index in [-0.39, 0.29) is 11.9 Å². The van der Waals surface area contributed by atoms with Crippen LogP contribution in [0.1, 0.15) is 51.5 Å². The molecule has 4 nitrogen and oxygen atoms in total. The average Bonchev–Trinajstić information content (AvgIpc) is 2.48. The standard InChI is InChI=1S/C17H23NO3/c1-3-5-16(18)14-8-10-15(11-9-14)21-17(20)7-4-6-13(2)12-19/h8-13,18H,3-7H2,1-2H3/t13-/m0/s1. The summed E-state index contributed by atoms with van der Waals surface area (Å²) < 4.78 is 5.23. The van der Waals surface area contributed by atoms with Crippen LogP contribution >= 0.6 is 0 Å². The molecule has 0 aliphatic rings. The van der Waals surface area contributed by atoms with Gasteiger partial charge in [-0.15, -0.1) is 0 Å². The van der Waals surface area contributed by atoms with Gasteiger partial charge in [-0.2, -0.15) is 0 Å². The number of hydrogen-bond donors (Lipinski definition) is 1. The minimum absolute atomic E-state index is 0.0124. The maximum absolute atomic E-state index is 11.7. The van der Waals surface area contributed by atoms with Gasteiger partial charge in [-0.1, -0.05) is 20.3 Å². The quantitative estimate of drug-likeness (QED) is 0.326. The molecule has 1 rings (SSSR count). The zero-order valence-corrected chi connectivity index (χ0v) is 12.7. The van der Waals surface area contributed by atoms with Gasteiger partial charge in [-0.25, -0.2) is 0 Å². The van der Waals surface area contributed by atoms with Gasteiger partial charge < -0.3 is 14.9 Å². The zero-order chi connectivity index (χ0) is 15.7.